The number of hydrogen-bond acceptors (Lipinski definition) is 3. The van der Waals surface area contributed by atoms with E-state index < -0.39 is 5.91 Å². The number of nitrogens with one attached hydrogen (secondary N) is 1. The molecule has 0 spiro atoms. The molecule has 2 aromatic rings. The first kappa shape index (κ1) is 13.4. The summed E-state index contributed by atoms with van der Waals surface area (Å²) in [5.74, 6) is -0.528. The quantitative estimate of drug-likeness (QED) is 0.900. The molecule has 0 bridgehead atoms. The molecule has 7 heteroatoms. The topological polar surface area (TPSA) is 68.9 Å². The van der Waals surface area contributed by atoms with Gasteiger partial charge >= 0.3 is 0 Å². The zero-order valence-corrected chi connectivity index (χ0v) is 11.5. The molecule has 0 aliphatic rings. The van der Waals surface area contributed by atoms with Crippen LogP contribution in [0.4, 0.5) is 0 Å². The highest BCUT2D eigenvalue weighted by atomic mass is 35.5. The average Bonchev–Trinajstić information content (AvgIpc) is 2.62. The van der Waals surface area contributed by atoms with E-state index in [2.05, 4.69) is 10.5 Å². The zero-order chi connectivity index (χ0) is 14.2. The second-order valence-electron chi connectivity index (χ2n) is 4.29. The van der Waals surface area contributed by atoms with Crippen molar-refractivity contribution in [1.29, 1.82) is 0 Å². The van der Waals surface area contributed by atoms with E-state index in [9.17, 15) is 9.59 Å². The molecular formula is C12H13ClN4O2. The van der Waals surface area contributed by atoms with Crippen LogP contribution in [0.3, 0.4) is 0 Å². The number of amides is 1. The van der Waals surface area contributed by atoms with Crippen LogP contribution >= 0.6 is 11.6 Å². The number of aromatic nitrogens is 3. The number of hydrogen-bond donors (Lipinski definition) is 1. The fourth-order valence-electron chi connectivity index (χ4n) is 1.78. The van der Waals surface area contributed by atoms with Crippen LogP contribution in [0, 0.1) is 13.8 Å². The summed E-state index contributed by atoms with van der Waals surface area (Å²) in [6.07, 6.45) is 1.52. The van der Waals surface area contributed by atoms with Crippen molar-refractivity contribution in [2.45, 2.75) is 13.8 Å². The van der Waals surface area contributed by atoms with Crippen molar-refractivity contribution in [3.8, 4) is 0 Å². The molecule has 2 heterocycles. The third-order valence-corrected chi connectivity index (χ3v) is 2.85. The molecule has 100 valence electrons. The van der Waals surface area contributed by atoms with E-state index in [1.807, 2.05) is 6.92 Å². The van der Waals surface area contributed by atoms with Crippen molar-refractivity contribution in [2.24, 2.45) is 7.05 Å². The monoisotopic (exact) mass is 280 g/mol. The molecule has 2 aromatic heterocycles. The number of nitrogens with zero attached hydrogens (tertiary/aromatic N) is 3. The van der Waals surface area contributed by atoms with Gasteiger partial charge in [-0.15, -0.1) is 0 Å². The molecule has 6 nitrogen and oxygen atoms in total. The Balaban J connectivity index is 2.35. The number of carbonyl (C=O) groups excluding carboxylic acids is 1. The lowest BCUT2D eigenvalue weighted by Crippen LogP contribution is -2.34. The van der Waals surface area contributed by atoms with Gasteiger partial charge in [-0.3, -0.25) is 19.7 Å². The first-order chi connectivity index (χ1) is 8.88. The van der Waals surface area contributed by atoms with Gasteiger partial charge in [0, 0.05) is 25.0 Å². The van der Waals surface area contributed by atoms with Gasteiger partial charge in [0.25, 0.3) is 11.5 Å². The van der Waals surface area contributed by atoms with Crippen molar-refractivity contribution in [2.75, 3.05) is 5.43 Å². The highest BCUT2D eigenvalue weighted by Crippen LogP contribution is 2.13. The van der Waals surface area contributed by atoms with E-state index >= 15 is 0 Å². The second-order valence-corrected chi connectivity index (χ2v) is 4.70. The van der Waals surface area contributed by atoms with E-state index in [1.54, 1.807) is 20.0 Å². The van der Waals surface area contributed by atoms with E-state index in [1.165, 1.54) is 21.6 Å². The molecule has 0 unspecified atom stereocenters. The number of carbonyl (C=O) groups is 1. The summed E-state index contributed by atoms with van der Waals surface area (Å²) >= 11 is 5.88. The minimum Gasteiger partial charge on any atom is -0.273 e. The van der Waals surface area contributed by atoms with Crippen molar-refractivity contribution < 1.29 is 4.79 Å². The molecule has 0 aromatic carbocycles. The van der Waals surface area contributed by atoms with Crippen LogP contribution in [0.25, 0.3) is 0 Å². The molecule has 2 rings (SSSR count). The van der Waals surface area contributed by atoms with Crippen molar-refractivity contribution in [1.82, 2.24) is 14.5 Å². The number of halogens is 1. The summed E-state index contributed by atoms with van der Waals surface area (Å²) in [5.41, 5.74) is 3.72. The molecule has 0 atom stereocenters. The minimum atomic E-state index is -0.528. The Hall–Kier alpha value is -2.08. The van der Waals surface area contributed by atoms with Gasteiger partial charge in [0.15, 0.2) is 5.69 Å². The van der Waals surface area contributed by atoms with Gasteiger partial charge in [0.1, 0.15) is 0 Å². The summed E-state index contributed by atoms with van der Waals surface area (Å²) in [7, 11) is 1.66. The van der Waals surface area contributed by atoms with Gasteiger partial charge in [-0.2, -0.15) is 5.10 Å². The summed E-state index contributed by atoms with van der Waals surface area (Å²) in [4.78, 5) is 23.8. The number of aryl methyl sites for hydroxylation is 3. The van der Waals surface area contributed by atoms with Gasteiger partial charge in [-0.1, -0.05) is 11.6 Å². The smallest absolute Gasteiger partial charge is 0.273 e. The van der Waals surface area contributed by atoms with Crippen molar-refractivity contribution in [3.63, 3.8) is 0 Å². The maximum absolute atomic E-state index is 12.0. The van der Waals surface area contributed by atoms with Crippen LogP contribution in [0.2, 0.25) is 5.02 Å². The van der Waals surface area contributed by atoms with Crippen molar-refractivity contribution in [3.05, 3.63) is 50.7 Å². The van der Waals surface area contributed by atoms with Gasteiger partial charge in [0.2, 0.25) is 0 Å². The SMILES string of the molecule is Cc1cc(C)n(NC(=O)c2nn(C)cc2Cl)c(=O)c1. The van der Waals surface area contributed by atoms with Gasteiger partial charge < -0.3 is 0 Å². The Morgan fingerprint density at radius 3 is 2.58 bits per heavy atom. The van der Waals surface area contributed by atoms with Crippen LogP contribution in [-0.4, -0.2) is 20.4 Å². The highest BCUT2D eigenvalue weighted by molar-refractivity contribution is 6.33. The summed E-state index contributed by atoms with van der Waals surface area (Å²) < 4.78 is 2.60. The van der Waals surface area contributed by atoms with E-state index in [0.717, 1.165) is 5.56 Å². The third kappa shape index (κ3) is 2.68. The normalized spacial score (nSPS) is 10.5. The Morgan fingerprint density at radius 2 is 2.05 bits per heavy atom. The lowest BCUT2D eigenvalue weighted by molar-refractivity contribution is 0.100. The Bertz CT molecular complexity index is 702. The van der Waals surface area contributed by atoms with Gasteiger partial charge in [0.05, 0.1) is 5.02 Å². The van der Waals surface area contributed by atoms with Crippen LogP contribution in [-0.2, 0) is 7.05 Å². The van der Waals surface area contributed by atoms with Crippen LogP contribution in [0.1, 0.15) is 21.7 Å². The Kier molecular flexibility index (Phi) is 3.44. The maximum Gasteiger partial charge on any atom is 0.292 e. The Morgan fingerprint density at radius 1 is 1.37 bits per heavy atom. The fraction of sp³-hybridized carbons (Fsp3) is 0.250. The van der Waals surface area contributed by atoms with E-state index in [0.29, 0.717) is 5.69 Å². The lowest BCUT2D eigenvalue weighted by Gasteiger charge is -2.10. The second kappa shape index (κ2) is 4.89. The van der Waals surface area contributed by atoms with Gasteiger partial charge in [-0.05, 0) is 25.5 Å². The zero-order valence-electron chi connectivity index (χ0n) is 10.8. The molecule has 0 radical (unpaired) electrons. The molecule has 1 amide bonds. The minimum absolute atomic E-state index is 0.0797. The lowest BCUT2D eigenvalue weighted by atomic mass is 10.2. The summed E-state index contributed by atoms with van der Waals surface area (Å²) in [6.45, 7) is 3.55. The first-order valence-electron chi connectivity index (χ1n) is 5.59. The predicted octanol–water partition coefficient (Wildman–Crippen LogP) is 1.24. The number of rotatable bonds is 2. The van der Waals surface area contributed by atoms with Crippen LogP contribution in [0.5, 0.6) is 0 Å². The van der Waals surface area contributed by atoms with Crippen LogP contribution < -0.4 is 11.0 Å². The molecule has 0 saturated heterocycles. The molecule has 0 fully saturated rings. The third-order valence-electron chi connectivity index (χ3n) is 2.57. The molecule has 0 aliphatic heterocycles. The van der Waals surface area contributed by atoms with Crippen LogP contribution in [0.15, 0.2) is 23.1 Å². The first-order valence-corrected chi connectivity index (χ1v) is 5.97. The summed E-state index contributed by atoms with van der Waals surface area (Å²) in [6, 6.07) is 3.23. The average molecular weight is 281 g/mol. The Labute approximate surface area is 114 Å². The molecule has 19 heavy (non-hydrogen) atoms. The standard InChI is InChI=1S/C12H13ClN4O2/c1-7-4-8(2)17(10(18)5-7)15-12(19)11-9(13)6-16(3)14-11/h4-6H,1-3H3,(H,15,19). The predicted molar refractivity (Wildman–Crippen MR) is 72.1 cm³/mol. The van der Waals surface area contributed by atoms with Gasteiger partial charge in [-0.25, -0.2) is 4.68 Å². The fourth-order valence-corrected chi connectivity index (χ4v) is 2.04. The van der Waals surface area contributed by atoms with Crippen molar-refractivity contribution >= 4 is 17.5 Å². The molecule has 0 aliphatic carbocycles. The molecular weight excluding hydrogens is 268 g/mol. The highest BCUT2D eigenvalue weighted by Gasteiger charge is 2.16. The van der Waals surface area contributed by atoms with E-state index in [-0.39, 0.29) is 16.3 Å². The summed E-state index contributed by atoms with van der Waals surface area (Å²) in [5, 5.41) is 4.17. The van der Waals surface area contributed by atoms with E-state index in [4.69, 9.17) is 11.6 Å². The molecule has 0 saturated carbocycles. The maximum atomic E-state index is 12.0. The number of pyridine rings is 1. The molecule has 1 N–H and O–H groups in total. The largest absolute Gasteiger partial charge is 0.292 e.